The van der Waals surface area contributed by atoms with Gasteiger partial charge in [0.2, 0.25) is 0 Å². The van der Waals surface area contributed by atoms with Crippen LogP contribution in [0.15, 0.2) is 180 Å². The van der Waals surface area contributed by atoms with Crippen LogP contribution in [-0.2, 0) is 0 Å². The molecule has 230 valence electrons. The summed E-state index contributed by atoms with van der Waals surface area (Å²) >= 11 is 1.85. The molecule has 49 heavy (non-hydrogen) atoms. The molecule has 0 N–H and O–H groups in total. The van der Waals surface area contributed by atoms with Gasteiger partial charge in [0.1, 0.15) is 11.2 Å². The maximum Gasteiger partial charge on any atom is 0.136 e. The maximum absolute atomic E-state index is 6.33. The number of furan rings is 1. The smallest absolute Gasteiger partial charge is 0.136 e. The predicted molar refractivity (Wildman–Crippen MR) is 210 cm³/mol. The van der Waals surface area contributed by atoms with Crippen LogP contribution in [-0.4, -0.2) is 0 Å². The van der Waals surface area contributed by atoms with Gasteiger partial charge in [0.15, 0.2) is 0 Å². The first-order valence-electron chi connectivity index (χ1n) is 16.6. The minimum absolute atomic E-state index is 0.911. The lowest BCUT2D eigenvalue weighted by Crippen LogP contribution is -2.10. The molecule has 0 aliphatic carbocycles. The molecule has 0 amide bonds. The fraction of sp³-hybridized carbons (Fsp3) is 0. The van der Waals surface area contributed by atoms with Crippen LogP contribution >= 0.6 is 11.3 Å². The summed E-state index contributed by atoms with van der Waals surface area (Å²) in [4.78, 5) is 2.42. The molecule has 2 nitrogen and oxygen atoms in total. The zero-order valence-corrected chi connectivity index (χ0v) is 27.3. The number of fused-ring (bicyclic) bond motifs is 8. The van der Waals surface area contributed by atoms with Crippen LogP contribution in [0, 0.1) is 0 Å². The van der Waals surface area contributed by atoms with Gasteiger partial charge in [0.05, 0.1) is 5.69 Å². The highest BCUT2D eigenvalue weighted by molar-refractivity contribution is 7.26. The van der Waals surface area contributed by atoms with Crippen LogP contribution in [0.2, 0.25) is 0 Å². The SMILES string of the molecule is c1ccc(-c2ccc(N(c3cccc(-c4cccc5ccc6oc7ccccc7c6c45)c3)c3cccc4sc5ccccc5c34)cc2)cc1. The molecule has 0 atom stereocenters. The molecular weight excluding hydrogens is 615 g/mol. The highest BCUT2D eigenvalue weighted by Gasteiger charge is 2.20. The Labute approximate surface area is 287 Å². The molecular formula is C46H29NOS. The summed E-state index contributed by atoms with van der Waals surface area (Å²) in [6, 6.07) is 63.2. The van der Waals surface area contributed by atoms with Crippen LogP contribution < -0.4 is 4.90 Å². The molecule has 0 spiro atoms. The van der Waals surface area contributed by atoms with Gasteiger partial charge in [0, 0.05) is 47.7 Å². The fourth-order valence-corrected chi connectivity index (χ4v) is 8.58. The van der Waals surface area contributed by atoms with Gasteiger partial charge in [-0.25, -0.2) is 0 Å². The molecule has 0 saturated heterocycles. The zero-order valence-electron chi connectivity index (χ0n) is 26.5. The Morgan fingerprint density at radius 2 is 1.12 bits per heavy atom. The van der Waals surface area contributed by atoms with Crippen molar-refractivity contribution in [2.24, 2.45) is 0 Å². The first kappa shape index (κ1) is 27.9. The molecule has 0 bridgehead atoms. The standard InChI is InChI=1S/C46H29NOS/c1-2-11-30(12-3-1)31-23-26-34(27-24-31)47(39-19-10-22-43-45(39)38-17-5-7-21-42(38)49-43)35-15-8-14-33(29-35)36-18-9-13-32-25-28-41-46(44(32)36)37-16-4-6-20-40(37)48-41/h1-29H. The molecule has 0 aliphatic rings. The summed E-state index contributed by atoms with van der Waals surface area (Å²) in [6.45, 7) is 0. The lowest BCUT2D eigenvalue weighted by molar-refractivity contribution is 0.669. The Balaban J connectivity index is 1.21. The van der Waals surface area contributed by atoms with Crippen molar-refractivity contribution in [3.63, 3.8) is 0 Å². The van der Waals surface area contributed by atoms with Gasteiger partial charge in [-0.2, -0.15) is 0 Å². The van der Waals surface area contributed by atoms with Gasteiger partial charge in [-0.1, -0.05) is 121 Å². The zero-order chi connectivity index (χ0) is 32.3. The highest BCUT2D eigenvalue weighted by Crippen LogP contribution is 2.46. The van der Waals surface area contributed by atoms with E-state index in [1.54, 1.807) is 0 Å². The van der Waals surface area contributed by atoms with Gasteiger partial charge in [0.25, 0.3) is 0 Å². The molecule has 2 aromatic heterocycles. The van der Waals surface area contributed by atoms with Crippen molar-refractivity contribution in [3.05, 3.63) is 176 Å². The van der Waals surface area contributed by atoms with Gasteiger partial charge < -0.3 is 9.32 Å². The predicted octanol–water partition coefficient (Wildman–Crippen LogP) is 13.9. The Morgan fingerprint density at radius 1 is 0.408 bits per heavy atom. The largest absolute Gasteiger partial charge is 0.456 e. The van der Waals surface area contributed by atoms with E-state index >= 15 is 0 Å². The van der Waals surface area contributed by atoms with E-state index in [9.17, 15) is 0 Å². The number of benzene rings is 8. The molecule has 10 rings (SSSR count). The first-order valence-corrected chi connectivity index (χ1v) is 17.4. The Morgan fingerprint density at radius 3 is 2.02 bits per heavy atom. The molecule has 3 heteroatoms. The van der Waals surface area contributed by atoms with Crippen LogP contribution in [0.5, 0.6) is 0 Å². The maximum atomic E-state index is 6.33. The van der Waals surface area contributed by atoms with Gasteiger partial charge >= 0.3 is 0 Å². The summed E-state index contributed by atoms with van der Waals surface area (Å²) < 4.78 is 8.91. The molecule has 0 unspecified atom stereocenters. The number of anilines is 3. The molecule has 0 fully saturated rings. The molecule has 0 saturated carbocycles. The topological polar surface area (TPSA) is 16.4 Å². The number of rotatable bonds is 5. The van der Waals surface area contributed by atoms with E-state index < -0.39 is 0 Å². The van der Waals surface area contributed by atoms with Crippen molar-refractivity contribution in [2.45, 2.75) is 0 Å². The van der Waals surface area contributed by atoms with Crippen molar-refractivity contribution < 1.29 is 4.42 Å². The van der Waals surface area contributed by atoms with Crippen LogP contribution in [0.4, 0.5) is 17.1 Å². The van der Waals surface area contributed by atoms with E-state index in [1.807, 2.05) is 17.4 Å². The second-order valence-electron chi connectivity index (χ2n) is 12.5. The average molecular weight is 644 g/mol. The molecule has 0 aliphatic heterocycles. The summed E-state index contributed by atoms with van der Waals surface area (Å²) in [7, 11) is 0. The van der Waals surface area contributed by atoms with E-state index in [4.69, 9.17) is 4.42 Å². The van der Waals surface area contributed by atoms with E-state index in [0.29, 0.717) is 0 Å². The number of hydrogen-bond acceptors (Lipinski definition) is 3. The number of nitrogens with zero attached hydrogens (tertiary/aromatic N) is 1. The Bertz CT molecular complexity index is 2830. The summed E-state index contributed by atoms with van der Waals surface area (Å²) in [6.07, 6.45) is 0. The summed E-state index contributed by atoms with van der Waals surface area (Å²) in [5.41, 5.74) is 9.97. The van der Waals surface area contributed by atoms with Crippen LogP contribution in [0.25, 0.3) is 75.1 Å². The van der Waals surface area contributed by atoms with Crippen molar-refractivity contribution in [2.75, 3.05) is 4.90 Å². The third kappa shape index (κ3) is 4.55. The van der Waals surface area contributed by atoms with Gasteiger partial charge in [-0.05, 0) is 82.2 Å². The molecule has 2 heterocycles. The minimum atomic E-state index is 0.911. The third-order valence-electron chi connectivity index (χ3n) is 9.65. The summed E-state index contributed by atoms with van der Waals surface area (Å²) in [5, 5.41) is 7.28. The number of hydrogen-bond donors (Lipinski definition) is 0. The fourth-order valence-electron chi connectivity index (χ4n) is 7.45. The van der Waals surface area contributed by atoms with Crippen molar-refractivity contribution >= 4 is 81.3 Å². The number of thiophene rings is 1. The van der Waals surface area contributed by atoms with E-state index in [2.05, 4.69) is 175 Å². The average Bonchev–Trinajstić information content (AvgIpc) is 3.75. The lowest BCUT2D eigenvalue weighted by atomic mass is 9.94. The molecule has 0 radical (unpaired) electrons. The Hall–Kier alpha value is -6.16. The van der Waals surface area contributed by atoms with E-state index in [-0.39, 0.29) is 0 Å². The van der Waals surface area contributed by atoms with Crippen molar-refractivity contribution in [1.29, 1.82) is 0 Å². The quantitative estimate of drug-likeness (QED) is 0.186. The lowest BCUT2D eigenvalue weighted by Gasteiger charge is -2.27. The van der Waals surface area contributed by atoms with Gasteiger partial charge in [-0.15, -0.1) is 11.3 Å². The Kier molecular flexibility index (Phi) is 6.39. The number of para-hydroxylation sites is 1. The van der Waals surface area contributed by atoms with Crippen molar-refractivity contribution in [3.8, 4) is 22.3 Å². The second-order valence-corrected chi connectivity index (χ2v) is 13.6. The van der Waals surface area contributed by atoms with Crippen molar-refractivity contribution in [1.82, 2.24) is 0 Å². The van der Waals surface area contributed by atoms with Crippen LogP contribution in [0.3, 0.4) is 0 Å². The van der Waals surface area contributed by atoms with Gasteiger partial charge in [-0.3, -0.25) is 0 Å². The molecule has 10 aromatic rings. The summed E-state index contributed by atoms with van der Waals surface area (Å²) in [5.74, 6) is 0. The first-order chi connectivity index (χ1) is 24.3. The third-order valence-corrected chi connectivity index (χ3v) is 10.8. The minimum Gasteiger partial charge on any atom is -0.456 e. The van der Waals surface area contributed by atoms with E-state index in [0.717, 1.165) is 38.9 Å². The van der Waals surface area contributed by atoms with E-state index in [1.165, 1.54) is 53.3 Å². The molecule has 8 aromatic carbocycles. The van der Waals surface area contributed by atoms with Crippen LogP contribution in [0.1, 0.15) is 0 Å². The normalized spacial score (nSPS) is 11.7. The highest BCUT2D eigenvalue weighted by atomic mass is 32.1. The monoisotopic (exact) mass is 643 g/mol. The second kappa shape index (κ2) is 11.2.